The molecule has 0 aliphatic carbocycles. The van der Waals surface area contributed by atoms with Crippen molar-refractivity contribution in [2.24, 2.45) is 0 Å². The van der Waals surface area contributed by atoms with Gasteiger partial charge in [0.15, 0.2) is 0 Å². The molecule has 1 atom stereocenters. The van der Waals surface area contributed by atoms with Crippen LogP contribution in [0.25, 0.3) is 0 Å². The Labute approximate surface area is 68.0 Å². The van der Waals surface area contributed by atoms with E-state index in [1.165, 1.54) is 0 Å². The molecule has 0 aromatic carbocycles. The summed E-state index contributed by atoms with van der Waals surface area (Å²) >= 11 is 0. The molecular formula is C8H16N2O. The lowest BCUT2D eigenvalue weighted by Crippen LogP contribution is -2.47. The number of rotatable bonds is 4. The molecule has 3 nitrogen and oxygen atoms in total. The first-order chi connectivity index (χ1) is 5.02. The van der Waals surface area contributed by atoms with Crippen LogP contribution in [-0.4, -0.2) is 23.3 Å². The average Bonchev–Trinajstić information content (AvgIpc) is 1.87. The lowest BCUT2D eigenvalue weighted by molar-refractivity contribution is 0.178. The van der Waals surface area contributed by atoms with Gasteiger partial charge < -0.3 is 10.4 Å². The van der Waals surface area contributed by atoms with Crippen molar-refractivity contribution >= 4 is 0 Å². The molecule has 3 heteroatoms. The Kier molecular flexibility index (Phi) is 4.09. The summed E-state index contributed by atoms with van der Waals surface area (Å²) in [6.45, 7) is 5.82. The van der Waals surface area contributed by atoms with E-state index < -0.39 is 0 Å². The molecule has 0 saturated heterocycles. The maximum atomic E-state index is 8.87. The monoisotopic (exact) mass is 156 g/mol. The molecule has 0 amide bonds. The molecule has 64 valence electrons. The summed E-state index contributed by atoms with van der Waals surface area (Å²) in [7, 11) is 0. The Morgan fingerprint density at radius 1 is 1.64 bits per heavy atom. The Balaban J connectivity index is 3.75. The molecule has 0 aromatic heterocycles. The van der Waals surface area contributed by atoms with Gasteiger partial charge >= 0.3 is 0 Å². The first-order valence-corrected chi connectivity index (χ1v) is 3.77. The second-order valence-electron chi connectivity index (χ2n) is 3.45. The van der Waals surface area contributed by atoms with E-state index in [0.717, 1.165) is 0 Å². The van der Waals surface area contributed by atoms with Gasteiger partial charge in [-0.05, 0) is 20.8 Å². The SMILES string of the molecule is CC(CC#N)NC(C)(C)CO. The van der Waals surface area contributed by atoms with E-state index in [-0.39, 0.29) is 18.2 Å². The van der Waals surface area contributed by atoms with Crippen molar-refractivity contribution in [2.45, 2.75) is 38.8 Å². The molecule has 0 rings (SSSR count). The third-order valence-electron chi connectivity index (χ3n) is 1.43. The lowest BCUT2D eigenvalue weighted by atomic mass is 10.1. The lowest BCUT2D eigenvalue weighted by Gasteiger charge is -2.26. The molecule has 0 aliphatic heterocycles. The summed E-state index contributed by atoms with van der Waals surface area (Å²) in [5, 5.41) is 20.4. The molecule has 2 N–H and O–H groups in total. The summed E-state index contributed by atoms with van der Waals surface area (Å²) in [5.74, 6) is 0. The second kappa shape index (κ2) is 4.32. The highest BCUT2D eigenvalue weighted by Gasteiger charge is 2.17. The van der Waals surface area contributed by atoms with E-state index in [1.807, 2.05) is 20.8 Å². The van der Waals surface area contributed by atoms with Crippen LogP contribution in [0.5, 0.6) is 0 Å². The zero-order chi connectivity index (χ0) is 8.91. The van der Waals surface area contributed by atoms with Crippen LogP contribution in [0.4, 0.5) is 0 Å². The Bertz CT molecular complexity index is 149. The van der Waals surface area contributed by atoms with Crippen LogP contribution in [-0.2, 0) is 0 Å². The number of nitrogens with zero attached hydrogens (tertiary/aromatic N) is 1. The summed E-state index contributed by atoms with van der Waals surface area (Å²) < 4.78 is 0. The third-order valence-corrected chi connectivity index (χ3v) is 1.43. The molecular weight excluding hydrogens is 140 g/mol. The Morgan fingerprint density at radius 2 is 2.18 bits per heavy atom. The van der Waals surface area contributed by atoms with Crippen LogP contribution >= 0.6 is 0 Å². The fourth-order valence-corrected chi connectivity index (χ4v) is 0.901. The van der Waals surface area contributed by atoms with Gasteiger partial charge in [0.25, 0.3) is 0 Å². The molecule has 0 heterocycles. The van der Waals surface area contributed by atoms with Crippen molar-refractivity contribution < 1.29 is 5.11 Å². The largest absolute Gasteiger partial charge is 0.394 e. The molecule has 0 aliphatic rings. The highest BCUT2D eigenvalue weighted by atomic mass is 16.3. The minimum absolute atomic E-state index is 0.0861. The van der Waals surface area contributed by atoms with E-state index in [0.29, 0.717) is 6.42 Å². The van der Waals surface area contributed by atoms with Crippen molar-refractivity contribution in [1.29, 1.82) is 5.26 Å². The topological polar surface area (TPSA) is 56.0 Å². The maximum absolute atomic E-state index is 8.87. The zero-order valence-corrected chi connectivity index (χ0v) is 7.39. The van der Waals surface area contributed by atoms with Crippen molar-refractivity contribution in [2.75, 3.05) is 6.61 Å². The Morgan fingerprint density at radius 3 is 2.55 bits per heavy atom. The van der Waals surface area contributed by atoms with Crippen LogP contribution < -0.4 is 5.32 Å². The van der Waals surface area contributed by atoms with Gasteiger partial charge in [-0.2, -0.15) is 5.26 Å². The predicted molar refractivity (Wildman–Crippen MR) is 44.0 cm³/mol. The molecule has 0 bridgehead atoms. The van der Waals surface area contributed by atoms with Crippen LogP contribution in [0.2, 0.25) is 0 Å². The average molecular weight is 156 g/mol. The van der Waals surface area contributed by atoms with Crippen molar-refractivity contribution in [3.63, 3.8) is 0 Å². The van der Waals surface area contributed by atoms with Crippen LogP contribution in [0.3, 0.4) is 0 Å². The van der Waals surface area contributed by atoms with Gasteiger partial charge in [0.05, 0.1) is 19.1 Å². The van der Waals surface area contributed by atoms with Crippen molar-refractivity contribution in [1.82, 2.24) is 5.32 Å². The predicted octanol–water partition coefficient (Wildman–Crippen LogP) is 0.649. The summed E-state index contributed by atoms with van der Waals surface area (Å²) in [6, 6.07) is 2.21. The van der Waals surface area contributed by atoms with E-state index in [9.17, 15) is 0 Å². The molecule has 0 radical (unpaired) electrons. The van der Waals surface area contributed by atoms with Gasteiger partial charge in [0.1, 0.15) is 0 Å². The number of hydrogen-bond acceptors (Lipinski definition) is 3. The van der Waals surface area contributed by atoms with Gasteiger partial charge in [0.2, 0.25) is 0 Å². The number of hydrogen-bond donors (Lipinski definition) is 2. The first-order valence-electron chi connectivity index (χ1n) is 3.77. The summed E-state index contributed by atoms with van der Waals surface area (Å²) in [5.41, 5.74) is -0.281. The fraction of sp³-hybridized carbons (Fsp3) is 0.875. The van der Waals surface area contributed by atoms with E-state index in [4.69, 9.17) is 10.4 Å². The quantitative estimate of drug-likeness (QED) is 0.628. The smallest absolute Gasteiger partial charge is 0.0638 e. The van der Waals surface area contributed by atoms with Crippen LogP contribution in [0.15, 0.2) is 0 Å². The molecule has 1 unspecified atom stereocenters. The molecule has 0 saturated carbocycles. The van der Waals surface area contributed by atoms with Crippen LogP contribution in [0, 0.1) is 11.3 Å². The van der Waals surface area contributed by atoms with E-state index >= 15 is 0 Å². The second-order valence-corrected chi connectivity index (χ2v) is 3.45. The zero-order valence-electron chi connectivity index (χ0n) is 7.39. The standard InChI is InChI=1S/C8H16N2O/c1-7(4-5-9)10-8(2,3)6-11/h7,10-11H,4,6H2,1-3H3. The van der Waals surface area contributed by atoms with Gasteiger partial charge in [-0.1, -0.05) is 0 Å². The third kappa shape index (κ3) is 4.77. The summed E-state index contributed by atoms with van der Waals surface area (Å²) in [6.07, 6.45) is 0.476. The van der Waals surface area contributed by atoms with Crippen molar-refractivity contribution in [3.05, 3.63) is 0 Å². The summed E-state index contributed by atoms with van der Waals surface area (Å²) in [4.78, 5) is 0. The number of nitrogens with one attached hydrogen (secondary N) is 1. The van der Waals surface area contributed by atoms with E-state index in [2.05, 4.69) is 11.4 Å². The normalized spacial score (nSPS) is 14.1. The maximum Gasteiger partial charge on any atom is 0.0638 e. The van der Waals surface area contributed by atoms with Gasteiger partial charge in [0, 0.05) is 11.6 Å². The Hall–Kier alpha value is -0.590. The number of nitriles is 1. The van der Waals surface area contributed by atoms with Gasteiger partial charge in [-0.25, -0.2) is 0 Å². The van der Waals surface area contributed by atoms with E-state index in [1.54, 1.807) is 0 Å². The fourth-order valence-electron chi connectivity index (χ4n) is 0.901. The molecule has 0 fully saturated rings. The highest BCUT2D eigenvalue weighted by Crippen LogP contribution is 2.03. The molecule has 0 spiro atoms. The minimum atomic E-state index is -0.281. The van der Waals surface area contributed by atoms with Crippen LogP contribution in [0.1, 0.15) is 27.2 Å². The molecule has 0 aromatic rings. The van der Waals surface area contributed by atoms with Gasteiger partial charge in [-0.3, -0.25) is 0 Å². The first kappa shape index (κ1) is 10.4. The molecule has 11 heavy (non-hydrogen) atoms. The highest BCUT2D eigenvalue weighted by molar-refractivity contribution is 4.84. The minimum Gasteiger partial charge on any atom is -0.394 e. The van der Waals surface area contributed by atoms with Crippen molar-refractivity contribution in [3.8, 4) is 6.07 Å². The number of aliphatic hydroxyl groups excluding tert-OH is 1. The van der Waals surface area contributed by atoms with Gasteiger partial charge in [-0.15, -0.1) is 0 Å². The number of aliphatic hydroxyl groups is 1.